The van der Waals surface area contributed by atoms with E-state index in [2.05, 4.69) is 52.1 Å². The zero-order chi connectivity index (χ0) is 19.1. The zero-order valence-corrected chi connectivity index (χ0v) is 17.9. The van der Waals surface area contributed by atoms with E-state index in [4.69, 9.17) is 20.9 Å². The summed E-state index contributed by atoms with van der Waals surface area (Å²) in [4.78, 5) is 0. The third-order valence-corrected chi connectivity index (χ3v) is 3.58. The van der Waals surface area contributed by atoms with E-state index < -0.39 is 0 Å². The summed E-state index contributed by atoms with van der Waals surface area (Å²) in [5.74, 6) is 0. The minimum atomic E-state index is 0.109. The Morgan fingerprint density at radius 3 is 0.957 bits per heavy atom. The molecule has 23 heavy (non-hydrogen) atoms. The normalized spacial score (nSPS) is 10.2. The maximum atomic E-state index is 5.00. The van der Waals surface area contributed by atoms with Crippen molar-refractivity contribution in [1.29, 1.82) is 0 Å². The highest BCUT2D eigenvalue weighted by Gasteiger charge is 2.16. The van der Waals surface area contributed by atoms with Crippen LogP contribution < -0.4 is 11.5 Å². The standard InChI is InChI=1S/C8H20N.2C4H9NOS/c1-5-9(6-2,7-3)8-4;2*1-3(2)6-4(5)7/h5-8H2,1-4H3;2*3H,1-2H3,(H2,5,7)/q+1;;. The molecule has 0 saturated heterocycles. The Hall–Kier alpha value is -0.660. The molecule has 0 saturated carbocycles. The number of thiocarbonyl (C=S) groups is 2. The number of rotatable bonds is 6. The molecule has 0 aliphatic heterocycles. The van der Waals surface area contributed by atoms with Crippen molar-refractivity contribution in [3.63, 3.8) is 0 Å². The van der Waals surface area contributed by atoms with Crippen LogP contribution >= 0.6 is 24.4 Å². The Kier molecular flexibility index (Phi) is 19.2. The molecule has 0 amide bonds. The number of nitrogens with zero attached hydrogens (tertiary/aromatic N) is 1. The lowest BCUT2D eigenvalue weighted by Gasteiger charge is -2.34. The molecule has 0 atom stereocenters. The molecule has 0 heterocycles. The summed E-state index contributed by atoms with van der Waals surface area (Å²) in [6.07, 6.45) is 0.218. The van der Waals surface area contributed by atoms with Gasteiger partial charge in [0, 0.05) is 0 Å². The van der Waals surface area contributed by atoms with Gasteiger partial charge in [-0.3, -0.25) is 0 Å². The smallest absolute Gasteiger partial charge is 0.254 e. The Balaban J connectivity index is -0.000000264. The molecule has 7 heteroatoms. The molecule has 0 unspecified atom stereocenters. The predicted octanol–water partition coefficient (Wildman–Crippen LogP) is 3.19. The van der Waals surface area contributed by atoms with Gasteiger partial charge in [-0.1, -0.05) is 0 Å². The first-order valence-electron chi connectivity index (χ1n) is 8.27. The van der Waals surface area contributed by atoms with Crippen LogP contribution in [-0.2, 0) is 9.47 Å². The molecule has 4 N–H and O–H groups in total. The van der Waals surface area contributed by atoms with Crippen molar-refractivity contribution >= 4 is 34.8 Å². The van der Waals surface area contributed by atoms with Gasteiger partial charge in [0.05, 0.1) is 38.4 Å². The van der Waals surface area contributed by atoms with Crippen LogP contribution in [0.1, 0.15) is 55.4 Å². The second kappa shape index (κ2) is 16.2. The van der Waals surface area contributed by atoms with Crippen molar-refractivity contribution in [1.82, 2.24) is 0 Å². The van der Waals surface area contributed by atoms with Crippen LogP contribution in [-0.4, -0.2) is 53.2 Å². The molecule has 0 aliphatic carbocycles. The maximum Gasteiger partial charge on any atom is 0.254 e. The van der Waals surface area contributed by atoms with E-state index in [9.17, 15) is 0 Å². The van der Waals surface area contributed by atoms with E-state index in [1.807, 2.05) is 27.7 Å². The second-order valence-electron chi connectivity index (χ2n) is 5.58. The molecule has 0 aromatic carbocycles. The minimum Gasteiger partial charge on any atom is -0.468 e. The lowest BCUT2D eigenvalue weighted by atomic mass is 10.3. The molecule has 0 bridgehead atoms. The van der Waals surface area contributed by atoms with Crippen LogP contribution in [0.5, 0.6) is 0 Å². The summed E-state index contributed by atoms with van der Waals surface area (Å²) in [5, 5.41) is 0.241. The highest BCUT2D eigenvalue weighted by atomic mass is 32.1. The van der Waals surface area contributed by atoms with Crippen molar-refractivity contribution in [2.24, 2.45) is 11.5 Å². The van der Waals surface area contributed by atoms with Crippen LogP contribution in [0.25, 0.3) is 0 Å². The Bertz CT molecular complexity index is 270. The van der Waals surface area contributed by atoms with Gasteiger partial charge in [0.2, 0.25) is 0 Å². The third-order valence-electron chi connectivity index (χ3n) is 3.39. The van der Waals surface area contributed by atoms with Gasteiger partial charge < -0.3 is 25.4 Å². The SMILES string of the molecule is CC(C)OC(N)=S.CC(C)OC(N)=S.CC[N+](CC)(CC)CC. The lowest BCUT2D eigenvalue weighted by Crippen LogP contribution is -2.47. The van der Waals surface area contributed by atoms with Crippen LogP contribution in [0.3, 0.4) is 0 Å². The Morgan fingerprint density at radius 2 is 0.957 bits per heavy atom. The molecular weight excluding hydrogens is 330 g/mol. The van der Waals surface area contributed by atoms with Crippen molar-refractivity contribution in [3.05, 3.63) is 0 Å². The van der Waals surface area contributed by atoms with E-state index in [1.165, 1.54) is 30.7 Å². The van der Waals surface area contributed by atoms with Crippen molar-refractivity contribution in [2.75, 3.05) is 26.2 Å². The second-order valence-corrected chi connectivity index (χ2v) is 6.38. The fourth-order valence-electron chi connectivity index (χ4n) is 1.81. The first-order valence-corrected chi connectivity index (χ1v) is 9.08. The first kappa shape index (κ1) is 27.2. The first-order chi connectivity index (χ1) is 10.5. The minimum absolute atomic E-state index is 0.109. The van der Waals surface area contributed by atoms with Crippen molar-refractivity contribution in [2.45, 2.75) is 67.6 Å². The monoisotopic (exact) mass is 368 g/mol. The fraction of sp³-hybridized carbons (Fsp3) is 0.875. The molecule has 0 spiro atoms. The van der Waals surface area contributed by atoms with Gasteiger partial charge in [-0.25, -0.2) is 0 Å². The third kappa shape index (κ3) is 21.3. The van der Waals surface area contributed by atoms with E-state index in [0.29, 0.717) is 0 Å². The molecule has 0 aromatic heterocycles. The average molecular weight is 369 g/mol. The molecule has 0 fully saturated rings. The number of hydrogen-bond acceptors (Lipinski definition) is 4. The Labute approximate surface area is 154 Å². The molecular formula is C16H38N3O2S2+. The average Bonchev–Trinajstić information content (AvgIpc) is 2.40. The lowest BCUT2D eigenvalue weighted by molar-refractivity contribution is -0.921. The Morgan fingerprint density at radius 1 is 0.739 bits per heavy atom. The van der Waals surface area contributed by atoms with Gasteiger partial charge in [0.25, 0.3) is 10.3 Å². The molecule has 0 radical (unpaired) electrons. The van der Waals surface area contributed by atoms with Gasteiger partial charge in [-0.2, -0.15) is 0 Å². The number of hydrogen-bond donors (Lipinski definition) is 2. The summed E-state index contributed by atoms with van der Waals surface area (Å²) < 4.78 is 10.8. The number of ether oxygens (including phenoxy) is 2. The summed E-state index contributed by atoms with van der Waals surface area (Å²) in [5.41, 5.74) is 10.0. The molecule has 0 rings (SSSR count). The summed E-state index contributed by atoms with van der Waals surface area (Å²) in [6, 6.07) is 0. The van der Waals surface area contributed by atoms with E-state index in [1.54, 1.807) is 0 Å². The topological polar surface area (TPSA) is 70.5 Å². The van der Waals surface area contributed by atoms with Gasteiger partial charge >= 0.3 is 0 Å². The van der Waals surface area contributed by atoms with Crippen LogP contribution in [0, 0.1) is 0 Å². The van der Waals surface area contributed by atoms with Crippen molar-refractivity contribution in [3.8, 4) is 0 Å². The number of nitrogens with two attached hydrogens (primary N) is 2. The van der Waals surface area contributed by atoms with E-state index in [-0.39, 0.29) is 22.6 Å². The van der Waals surface area contributed by atoms with Crippen LogP contribution in [0.15, 0.2) is 0 Å². The molecule has 5 nitrogen and oxygen atoms in total. The summed E-state index contributed by atoms with van der Waals surface area (Å²) >= 11 is 8.85. The molecule has 0 aliphatic rings. The van der Waals surface area contributed by atoms with Crippen molar-refractivity contribution < 1.29 is 14.0 Å². The van der Waals surface area contributed by atoms with Crippen LogP contribution in [0.4, 0.5) is 0 Å². The summed E-state index contributed by atoms with van der Waals surface area (Å²) in [6.45, 7) is 21.7. The fourth-order valence-corrected chi connectivity index (χ4v) is 2.19. The number of quaternary nitrogens is 1. The van der Waals surface area contributed by atoms with E-state index in [0.717, 1.165) is 0 Å². The molecule has 0 aromatic rings. The highest BCUT2D eigenvalue weighted by Crippen LogP contribution is 2.03. The molecule has 140 valence electrons. The van der Waals surface area contributed by atoms with Gasteiger partial charge in [0.15, 0.2) is 0 Å². The largest absolute Gasteiger partial charge is 0.468 e. The van der Waals surface area contributed by atoms with Crippen LogP contribution in [0.2, 0.25) is 0 Å². The maximum absolute atomic E-state index is 5.00. The zero-order valence-electron chi connectivity index (χ0n) is 16.2. The summed E-state index contributed by atoms with van der Waals surface area (Å²) in [7, 11) is 0. The van der Waals surface area contributed by atoms with Gasteiger partial charge in [-0.05, 0) is 79.8 Å². The van der Waals surface area contributed by atoms with Gasteiger partial charge in [0.1, 0.15) is 0 Å². The predicted molar refractivity (Wildman–Crippen MR) is 108 cm³/mol. The van der Waals surface area contributed by atoms with Gasteiger partial charge in [-0.15, -0.1) is 0 Å². The highest BCUT2D eigenvalue weighted by molar-refractivity contribution is 7.80. The van der Waals surface area contributed by atoms with E-state index >= 15 is 0 Å². The quantitative estimate of drug-likeness (QED) is 0.554.